The molecule has 0 amide bonds. The first kappa shape index (κ1) is 10.3. The fourth-order valence-electron chi connectivity index (χ4n) is 2.32. The van der Waals surface area contributed by atoms with Gasteiger partial charge in [-0.05, 0) is 18.9 Å². The second-order valence-corrected chi connectivity index (χ2v) is 5.46. The van der Waals surface area contributed by atoms with E-state index in [0.717, 1.165) is 31.1 Å². The van der Waals surface area contributed by atoms with Crippen LogP contribution in [0.4, 0.5) is 0 Å². The number of Topliss-reactive ketones (excluding diaryl/α,β-unsaturated/α-hetero) is 1. The van der Waals surface area contributed by atoms with Crippen LogP contribution in [0.25, 0.3) is 0 Å². The molecule has 1 N–H and O–H groups in total. The molecule has 0 saturated carbocycles. The minimum atomic E-state index is 0.223. The molecule has 1 aromatic rings. The predicted octanol–water partition coefficient (Wildman–Crippen LogP) is 2.07. The summed E-state index contributed by atoms with van der Waals surface area (Å²) >= 11 is 1.71. The summed E-state index contributed by atoms with van der Waals surface area (Å²) in [7, 11) is 0. The number of ether oxygens (including phenoxy) is 1. The number of fused-ring (bicyclic) bond motifs is 1. The first-order chi connectivity index (χ1) is 7.83. The minimum Gasteiger partial charge on any atom is -0.484 e. The molecule has 0 radical (unpaired) electrons. The summed E-state index contributed by atoms with van der Waals surface area (Å²) in [6.45, 7) is 1.65. The number of hydrogen-bond acceptors (Lipinski definition) is 4. The Morgan fingerprint density at radius 1 is 1.44 bits per heavy atom. The average Bonchev–Trinajstić information content (AvgIpc) is 2.72. The Bertz CT molecular complexity index is 390. The van der Waals surface area contributed by atoms with Gasteiger partial charge in [0.05, 0.1) is 6.61 Å². The highest BCUT2D eigenvalue weighted by molar-refractivity contribution is 7.14. The number of carbonyl (C=O) groups is 1. The summed E-state index contributed by atoms with van der Waals surface area (Å²) in [5.74, 6) is 0.371. The van der Waals surface area contributed by atoms with Crippen LogP contribution in [0.3, 0.4) is 0 Å². The Morgan fingerprint density at radius 3 is 3.19 bits per heavy atom. The average molecular weight is 237 g/mol. The van der Waals surface area contributed by atoms with Crippen LogP contribution in [0.5, 0.6) is 5.06 Å². The first-order valence-corrected chi connectivity index (χ1v) is 6.65. The minimum absolute atomic E-state index is 0.223. The van der Waals surface area contributed by atoms with Crippen LogP contribution < -0.4 is 10.1 Å². The van der Waals surface area contributed by atoms with Crippen molar-refractivity contribution in [3.63, 3.8) is 0 Å². The third kappa shape index (κ3) is 1.87. The number of nitrogens with one attached hydrogen (secondary N) is 1. The fraction of sp³-hybridized carbons (Fsp3) is 0.583. The van der Waals surface area contributed by atoms with Crippen LogP contribution in [0.2, 0.25) is 0 Å². The van der Waals surface area contributed by atoms with Gasteiger partial charge in [0.1, 0.15) is 5.78 Å². The lowest BCUT2D eigenvalue weighted by Gasteiger charge is -2.21. The lowest BCUT2D eigenvalue weighted by atomic mass is 10.0. The van der Waals surface area contributed by atoms with E-state index in [4.69, 9.17) is 4.74 Å². The summed E-state index contributed by atoms with van der Waals surface area (Å²) in [5.41, 5.74) is 1.33. The van der Waals surface area contributed by atoms with Gasteiger partial charge >= 0.3 is 0 Å². The SMILES string of the molecule is O=C1CCNC(c2cc3c(s2)OCCC3)C1. The van der Waals surface area contributed by atoms with Crippen LogP contribution in [-0.4, -0.2) is 18.9 Å². The van der Waals surface area contributed by atoms with E-state index < -0.39 is 0 Å². The Balaban J connectivity index is 1.83. The molecule has 3 heterocycles. The van der Waals surface area contributed by atoms with Crippen molar-refractivity contribution in [1.29, 1.82) is 0 Å². The normalized spacial score (nSPS) is 25.0. The number of ketones is 1. The molecular weight excluding hydrogens is 222 g/mol. The molecule has 1 unspecified atom stereocenters. The summed E-state index contributed by atoms with van der Waals surface area (Å²) in [4.78, 5) is 12.7. The number of carbonyl (C=O) groups excluding carboxylic acids is 1. The molecule has 3 nitrogen and oxygen atoms in total. The quantitative estimate of drug-likeness (QED) is 0.812. The lowest BCUT2D eigenvalue weighted by molar-refractivity contribution is -0.120. The zero-order valence-electron chi connectivity index (χ0n) is 9.12. The fourth-order valence-corrected chi connectivity index (χ4v) is 3.48. The van der Waals surface area contributed by atoms with Crippen molar-refractivity contribution in [2.45, 2.75) is 31.7 Å². The van der Waals surface area contributed by atoms with Crippen LogP contribution in [-0.2, 0) is 11.2 Å². The largest absolute Gasteiger partial charge is 0.484 e. The predicted molar refractivity (Wildman–Crippen MR) is 63.1 cm³/mol. The lowest BCUT2D eigenvalue weighted by Crippen LogP contribution is -2.31. The van der Waals surface area contributed by atoms with Gasteiger partial charge in [-0.1, -0.05) is 0 Å². The molecule has 16 heavy (non-hydrogen) atoms. The van der Waals surface area contributed by atoms with Gasteiger partial charge in [-0.2, -0.15) is 0 Å². The molecule has 0 spiro atoms. The second kappa shape index (κ2) is 4.18. The molecule has 1 atom stereocenters. The maximum atomic E-state index is 11.4. The number of rotatable bonds is 1. The van der Waals surface area contributed by atoms with E-state index in [2.05, 4.69) is 11.4 Å². The zero-order chi connectivity index (χ0) is 11.0. The molecule has 2 aliphatic rings. The van der Waals surface area contributed by atoms with Gasteiger partial charge in [-0.15, -0.1) is 11.3 Å². The summed E-state index contributed by atoms with van der Waals surface area (Å²) in [6.07, 6.45) is 3.55. The van der Waals surface area contributed by atoms with Crippen molar-refractivity contribution in [3.8, 4) is 5.06 Å². The van der Waals surface area contributed by atoms with Gasteiger partial charge in [0.2, 0.25) is 0 Å². The molecule has 3 rings (SSSR count). The standard InChI is InChI=1S/C12H15NO2S/c14-9-3-4-13-10(7-9)11-6-8-2-1-5-15-12(8)16-11/h6,10,13H,1-5,7H2. The summed E-state index contributed by atoms with van der Waals surface area (Å²) < 4.78 is 5.63. The topological polar surface area (TPSA) is 38.3 Å². The highest BCUT2D eigenvalue weighted by Crippen LogP contribution is 2.38. The van der Waals surface area contributed by atoms with E-state index >= 15 is 0 Å². The monoisotopic (exact) mass is 237 g/mol. The van der Waals surface area contributed by atoms with E-state index in [0.29, 0.717) is 18.6 Å². The Kier molecular flexibility index (Phi) is 2.69. The van der Waals surface area contributed by atoms with Gasteiger partial charge < -0.3 is 10.1 Å². The smallest absolute Gasteiger partial charge is 0.177 e. The third-order valence-electron chi connectivity index (χ3n) is 3.18. The molecule has 1 saturated heterocycles. The number of aryl methyl sites for hydroxylation is 1. The van der Waals surface area contributed by atoms with Gasteiger partial charge in [0.25, 0.3) is 0 Å². The van der Waals surface area contributed by atoms with Crippen molar-refractivity contribution in [1.82, 2.24) is 5.32 Å². The summed E-state index contributed by atoms with van der Waals surface area (Å²) in [5, 5.41) is 4.48. The highest BCUT2D eigenvalue weighted by Gasteiger charge is 2.24. The van der Waals surface area contributed by atoms with Gasteiger partial charge in [-0.25, -0.2) is 0 Å². The molecule has 0 bridgehead atoms. The molecular formula is C12H15NO2S. The number of piperidine rings is 1. The van der Waals surface area contributed by atoms with Crippen molar-refractivity contribution >= 4 is 17.1 Å². The van der Waals surface area contributed by atoms with E-state index in [-0.39, 0.29) is 6.04 Å². The van der Waals surface area contributed by atoms with Crippen LogP contribution in [0, 0.1) is 0 Å². The van der Waals surface area contributed by atoms with E-state index in [9.17, 15) is 4.79 Å². The van der Waals surface area contributed by atoms with Crippen molar-refractivity contribution in [2.24, 2.45) is 0 Å². The van der Waals surface area contributed by atoms with Gasteiger partial charge in [0.15, 0.2) is 5.06 Å². The van der Waals surface area contributed by atoms with Crippen LogP contribution in [0.15, 0.2) is 6.07 Å². The van der Waals surface area contributed by atoms with E-state index in [1.165, 1.54) is 10.4 Å². The first-order valence-electron chi connectivity index (χ1n) is 5.83. The molecule has 0 aromatic carbocycles. The zero-order valence-corrected chi connectivity index (χ0v) is 9.94. The van der Waals surface area contributed by atoms with Crippen LogP contribution in [0.1, 0.15) is 35.7 Å². The molecule has 86 valence electrons. The maximum absolute atomic E-state index is 11.4. The maximum Gasteiger partial charge on any atom is 0.177 e. The second-order valence-electron chi connectivity index (χ2n) is 4.41. The Hall–Kier alpha value is -0.870. The van der Waals surface area contributed by atoms with E-state index in [1.54, 1.807) is 11.3 Å². The third-order valence-corrected chi connectivity index (χ3v) is 4.39. The van der Waals surface area contributed by atoms with Crippen molar-refractivity contribution < 1.29 is 9.53 Å². The molecule has 2 aliphatic heterocycles. The van der Waals surface area contributed by atoms with Crippen LogP contribution >= 0.6 is 11.3 Å². The summed E-state index contributed by atoms with van der Waals surface area (Å²) in [6, 6.07) is 2.44. The van der Waals surface area contributed by atoms with E-state index in [1.807, 2.05) is 0 Å². The van der Waals surface area contributed by atoms with Gasteiger partial charge in [-0.3, -0.25) is 4.79 Å². The number of thiophene rings is 1. The molecule has 4 heteroatoms. The van der Waals surface area contributed by atoms with Crippen molar-refractivity contribution in [3.05, 3.63) is 16.5 Å². The Morgan fingerprint density at radius 2 is 2.38 bits per heavy atom. The molecule has 1 fully saturated rings. The molecule has 0 aliphatic carbocycles. The van der Waals surface area contributed by atoms with Crippen molar-refractivity contribution in [2.75, 3.05) is 13.2 Å². The Labute approximate surface area is 98.8 Å². The highest BCUT2D eigenvalue weighted by atomic mass is 32.1. The number of hydrogen-bond donors (Lipinski definition) is 1. The molecule has 1 aromatic heterocycles. The van der Waals surface area contributed by atoms with Gasteiger partial charge in [0, 0.05) is 35.9 Å².